The summed E-state index contributed by atoms with van der Waals surface area (Å²) in [5.74, 6) is 0.630. The molecule has 4 rings (SSSR count). The molecule has 1 aliphatic carbocycles. The van der Waals surface area contributed by atoms with Gasteiger partial charge in [-0.05, 0) is 30.9 Å². The van der Waals surface area contributed by atoms with Crippen LogP contribution in [0.2, 0.25) is 0 Å². The maximum absolute atomic E-state index is 11.9. The lowest BCUT2D eigenvalue weighted by Crippen LogP contribution is -2.30. The van der Waals surface area contributed by atoms with Crippen LogP contribution in [0.5, 0.6) is 0 Å². The summed E-state index contributed by atoms with van der Waals surface area (Å²) in [4.78, 5) is 36.1. The minimum Gasteiger partial charge on any atom is -0.370 e. The van der Waals surface area contributed by atoms with Gasteiger partial charge in [-0.1, -0.05) is 0 Å². The lowest BCUT2D eigenvalue weighted by atomic mass is 10.2. The van der Waals surface area contributed by atoms with Crippen molar-refractivity contribution in [1.82, 2.24) is 30.0 Å². The number of anilines is 1. The maximum Gasteiger partial charge on any atom is 0.320 e. The summed E-state index contributed by atoms with van der Waals surface area (Å²) in [6.07, 6.45) is 7.60. The molecule has 1 fully saturated rings. The molecule has 4 N–H and O–H groups in total. The summed E-state index contributed by atoms with van der Waals surface area (Å²) < 4.78 is 1.63. The van der Waals surface area contributed by atoms with Gasteiger partial charge in [0, 0.05) is 31.3 Å². The molecule has 1 aliphatic rings. The van der Waals surface area contributed by atoms with Gasteiger partial charge in [0.15, 0.2) is 5.65 Å². The minimum atomic E-state index is -0.382. The predicted octanol–water partition coefficient (Wildman–Crippen LogP) is 1.30. The Bertz CT molecular complexity index is 1030. The number of pyridine rings is 1. The molecule has 0 spiro atoms. The predicted molar refractivity (Wildman–Crippen MR) is 102 cm³/mol. The number of carbonyl (C=O) groups excluding carboxylic acids is 2. The van der Waals surface area contributed by atoms with Gasteiger partial charge in [0.05, 0.1) is 18.1 Å². The summed E-state index contributed by atoms with van der Waals surface area (Å²) in [6.45, 7) is 1.09. The Morgan fingerprint density at radius 3 is 2.86 bits per heavy atom. The Hall–Kier alpha value is -3.56. The van der Waals surface area contributed by atoms with Crippen molar-refractivity contribution < 1.29 is 9.59 Å². The van der Waals surface area contributed by atoms with Crippen LogP contribution in [-0.2, 0) is 11.3 Å². The van der Waals surface area contributed by atoms with Crippen LogP contribution in [0.15, 0.2) is 30.7 Å². The van der Waals surface area contributed by atoms with Crippen molar-refractivity contribution in [1.29, 1.82) is 0 Å². The first-order chi connectivity index (χ1) is 13.6. The first-order valence-corrected chi connectivity index (χ1v) is 9.06. The van der Waals surface area contributed by atoms with Crippen molar-refractivity contribution >= 4 is 28.9 Å². The van der Waals surface area contributed by atoms with E-state index in [1.54, 1.807) is 35.4 Å². The number of hydrogen-bond donors (Lipinski definition) is 3. The molecule has 3 amide bonds. The third-order valence-corrected chi connectivity index (χ3v) is 4.41. The molecule has 144 valence electrons. The van der Waals surface area contributed by atoms with E-state index in [9.17, 15) is 9.59 Å². The zero-order valence-corrected chi connectivity index (χ0v) is 15.1. The zero-order chi connectivity index (χ0) is 19.5. The quantitative estimate of drug-likeness (QED) is 0.564. The van der Waals surface area contributed by atoms with E-state index in [2.05, 4.69) is 30.7 Å². The Kier molecular flexibility index (Phi) is 4.83. The number of carbonyl (C=O) groups is 2. The van der Waals surface area contributed by atoms with Crippen LogP contribution in [0.3, 0.4) is 0 Å². The lowest BCUT2D eigenvalue weighted by molar-refractivity contribution is -0.118. The van der Waals surface area contributed by atoms with Crippen LogP contribution in [0.1, 0.15) is 19.3 Å². The van der Waals surface area contributed by atoms with Gasteiger partial charge in [0.2, 0.25) is 5.91 Å². The van der Waals surface area contributed by atoms with Gasteiger partial charge in [-0.2, -0.15) is 5.10 Å². The van der Waals surface area contributed by atoms with Crippen LogP contribution < -0.4 is 16.4 Å². The first kappa shape index (κ1) is 17.8. The summed E-state index contributed by atoms with van der Waals surface area (Å²) in [7, 11) is 0. The summed E-state index contributed by atoms with van der Waals surface area (Å²) in [5.41, 5.74) is 7.55. The molecule has 3 aromatic heterocycles. The van der Waals surface area contributed by atoms with Gasteiger partial charge >= 0.3 is 6.03 Å². The highest BCUT2D eigenvalue weighted by Crippen LogP contribution is 2.27. The molecule has 3 heterocycles. The van der Waals surface area contributed by atoms with Crippen LogP contribution in [-0.4, -0.2) is 43.2 Å². The number of nitrogens with zero attached hydrogens (tertiary/aromatic N) is 5. The van der Waals surface area contributed by atoms with Crippen molar-refractivity contribution in [3.63, 3.8) is 0 Å². The average molecular weight is 380 g/mol. The molecule has 28 heavy (non-hydrogen) atoms. The number of hydrogen-bond acceptors (Lipinski definition) is 6. The molecular formula is C18H20N8O2. The standard InChI is InChI=1S/C18H20N8O2/c19-15(27)5-6-26-10-12(8-22-26)14-9-20-13-3-4-16(24-17(13)23-14)25-18(28)21-7-11-1-2-11/h3-4,8-11H,1-2,5-7H2,(H2,19,27)(H2,21,23,24,25,28). The van der Waals surface area contributed by atoms with E-state index in [0.29, 0.717) is 41.7 Å². The van der Waals surface area contributed by atoms with Gasteiger partial charge in [-0.3, -0.25) is 19.8 Å². The van der Waals surface area contributed by atoms with E-state index >= 15 is 0 Å². The highest BCUT2D eigenvalue weighted by atomic mass is 16.2. The van der Waals surface area contributed by atoms with Crippen LogP contribution in [0.4, 0.5) is 10.6 Å². The van der Waals surface area contributed by atoms with E-state index in [1.165, 1.54) is 12.8 Å². The number of nitrogens with two attached hydrogens (primary N) is 1. The first-order valence-electron chi connectivity index (χ1n) is 9.06. The van der Waals surface area contributed by atoms with Gasteiger partial charge in [0.1, 0.15) is 11.3 Å². The Morgan fingerprint density at radius 2 is 2.07 bits per heavy atom. The van der Waals surface area contributed by atoms with Crippen LogP contribution in [0.25, 0.3) is 22.4 Å². The van der Waals surface area contributed by atoms with Crippen molar-refractivity contribution in [3.8, 4) is 11.3 Å². The van der Waals surface area contributed by atoms with E-state index in [-0.39, 0.29) is 18.4 Å². The topological polar surface area (TPSA) is 141 Å². The van der Waals surface area contributed by atoms with Crippen molar-refractivity contribution in [2.45, 2.75) is 25.8 Å². The molecule has 0 saturated heterocycles. The molecule has 1 saturated carbocycles. The molecule has 0 aliphatic heterocycles. The normalized spacial score (nSPS) is 13.4. The third-order valence-electron chi connectivity index (χ3n) is 4.41. The van der Waals surface area contributed by atoms with Gasteiger partial charge in [-0.25, -0.2) is 14.8 Å². The average Bonchev–Trinajstić information content (AvgIpc) is 3.39. The fourth-order valence-electron chi connectivity index (χ4n) is 2.67. The summed E-state index contributed by atoms with van der Waals surface area (Å²) in [5, 5.41) is 9.75. The molecule has 0 aromatic carbocycles. The summed E-state index contributed by atoms with van der Waals surface area (Å²) in [6, 6.07) is 3.17. The Labute approximate surface area is 160 Å². The van der Waals surface area contributed by atoms with E-state index < -0.39 is 0 Å². The Morgan fingerprint density at radius 1 is 1.21 bits per heavy atom. The van der Waals surface area contributed by atoms with E-state index in [4.69, 9.17) is 5.73 Å². The highest BCUT2D eigenvalue weighted by molar-refractivity contribution is 5.89. The van der Waals surface area contributed by atoms with E-state index in [1.807, 2.05) is 0 Å². The number of rotatable bonds is 7. The highest BCUT2D eigenvalue weighted by Gasteiger charge is 2.21. The van der Waals surface area contributed by atoms with Gasteiger partial charge in [0.25, 0.3) is 0 Å². The molecular weight excluding hydrogens is 360 g/mol. The summed E-state index contributed by atoms with van der Waals surface area (Å²) >= 11 is 0. The molecule has 0 radical (unpaired) electrons. The maximum atomic E-state index is 11.9. The molecule has 0 unspecified atom stereocenters. The molecule has 0 bridgehead atoms. The fraction of sp³-hybridized carbons (Fsp3) is 0.333. The van der Waals surface area contributed by atoms with Crippen LogP contribution in [0, 0.1) is 5.92 Å². The molecule has 3 aromatic rings. The smallest absolute Gasteiger partial charge is 0.320 e. The second-order valence-electron chi connectivity index (χ2n) is 6.78. The molecule has 10 heteroatoms. The molecule has 10 nitrogen and oxygen atoms in total. The Balaban J connectivity index is 1.49. The zero-order valence-electron chi connectivity index (χ0n) is 15.1. The van der Waals surface area contributed by atoms with E-state index in [0.717, 1.165) is 5.56 Å². The molecule has 0 atom stereocenters. The van der Waals surface area contributed by atoms with Crippen molar-refractivity contribution in [3.05, 3.63) is 30.7 Å². The number of aromatic nitrogens is 5. The number of amides is 3. The fourth-order valence-corrected chi connectivity index (χ4v) is 2.67. The minimum absolute atomic E-state index is 0.212. The number of urea groups is 1. The number of primary amides is 1. The third kappa shape index (κ3) is 4.40. The number of nitrogens with one attached hydrogen (secondary N) is 2. The second kappa shape index (κ2) is 7.59. The SMILES string of the molecule is NC(=O)CCn1cc(-c2cnc3ccc(NC(=O)NCC4CC4)nc3n2)cn1. The largest absolute Gasteiger partial charge is 0.370 e. The van der Waals surface area contributed by atoms with Crippen molar-refractivity contribution in [2.24, 2.45) is 11.7 Å². The number of aryl methyl sites for hydroxylation is 1. The van der Waals surface area contributed by atoms with Gasteiger partial charge < -0.3 is 11.1 Å². The number of fused-ring (bicyclic) bond motifs is 1. The van der Waals surface area contributed by atoms with Gasteiger partial charge in [-0.15, -0.1) is 0 Å². The lowest BCUT2D eigenvalue weighted by Gasteiger charge is -2.07. The van der Waals surface area contributed by atoms with Crippen molar-refractivity contribution in [2.75, 3.05) is 11.9 Å². The second-order valence-corrected chi connectivity index (χ2v) is 6.78. The monoisotopic (exact) mass is 380 g/mol. The van der Waals surface area contributed by atoms with Crippen LogP contribution >= 0.6 is 0 Å².